The number of rotatable bonds is 2. The Morgan fingerprint density at radius 1 is 0.962 bits per heavy atom. The molecule has 1 aromatic heterocycles. The van der Waals surface area contributed by atoms with Gasteiger partial charge in [-0.15, -0.1) is 0 Å². The Balaban J connectivity index is 1.48. The number of carbonyl (C=O) groups excluding carboxylic acids is 2. The highest BCUT2D eigenvalue weighted by atomic mass is 16.2. The monoisotopic (exact) mass is 354 g/mol. The highest BCUT2D eigenvalue weighted by Crippen LogP contribution is 2.27. The molecule has 136 valence electrons. The molecule has 26 heavy (non-hydrogen) atoms. The molecule has 4 rings (SSSR count). The Labute approximate surface area is 151 Å². The van der Waals surface area contributed by atoms with E-state index in [0.29, 0.717) is 37.0 Å². The Morgan fingerprint density at radius 2 is 1.58 bits per heavy atom. The molecular formula is C19H22N4O3. The van der Waals surface area contributed by atoms with Crippen LogP contribution in [0, 0.1) is 5.92 Å². The number of aromatic amines is 1. The van der Waals surface area contributed by atoms with Gasteiger partial charge in [0.1, 0.15) is 0 Å². The summed E-state index contributed by atoms with van der Waals surface area (Å²) in [4.78, 5) is 40.9. The van der Waals surface area contributed by atoms with Crippen LogP contribution in [0.3, 0.4) is 0 Å². The van der Waals surface area contributed by atoms with Crippen LogP contribution < -0.4 is 5.56 Å². The van der Waals surface area contributed by atoms with Crippen LogP contribution in [0.15, 0.2) is 29.1 Å². The number of nitrogens with zero attached hydrogens (tertiary/aromatic N) is 3. The van der Waals surface area contributed by atoms with Crippen LogP contribution in [-0.2, 0) is 4.79 Å². The van der Waals surface area contributed by atoms with Crippen molar-refractivity contribution in [2.45, 2.75) is 25.7 Å². The molecule has 2 heterocycles. The third kappa shape index (κ3) is 2.98. The van der Waals surface area contributed by atoms with Gasteiger partial charge in [0, 0.05) is 37.5 Å². The van der Waals surface area contributed by atoms with Crippen molar-refractivity contribution in [2.75, 3.05) is 26.2 Å². The maximum Gasteiger partial charge on any atom is 0.275 e. The van der Waals surface area contributed by atoms with Crippen LogP contribution in [0.2, 0.25) is 0 Å². The first-order valence-corrected chi connectivity index (χ1v) is 9.20. The number of piperazine rings is 1. The number of hydrogen-bond donors (Lipinski definition) is 1. The summed E-state index contributed by atoms with van der Waals surface area (Å²) >= 11 is 0. The maximum atomic E-state index is 12.9. The second-order valence-electron chi connectivity index (χ2n) is 7.05. The molecule has 2 aliphatic rings. The lowest BCUT2D eigenvalue weighted by Crippen LogP contribution is -2.52. The van der Waals surface area contributed by atoms with E-state index < -0.39 is 0 Å². The number of carbonyl (C=O) groups is 2. The fourth-order valence-electron chi connectivity index (χ4n) is 3.99. The number of amides is 2. The third-order valence-electron chi connectivity index (χ3n) is 5.48. The van der Waals surface area contributed by atoms with E-state index >= 15 is 0 Å². The van der Waals surface area contributed by atoms with Gasteiger partial charge < -0.3 is 9.80 Å². The summed E-state index contributed by atoms with van der Waals surface area (Å²) in [5.41, 5.74) is -0.0418. The minimum atomic E-state index is -0.302. The minimum absolute atomic E-state index is 0.169. The summed E-state index contributed by atoms with van der Waals surface area (Å²) in [7, 11) is 0. The van der Waals surface area contributed by atoms with E-state index in [9.17, 15) is 14.4 Å². The van der Waals surface area contributed by atoms with E-state index in [0.717, 1.165) is 25.7 Å². The fourth-order valence-corrected chi connectivity index (χ4v) is 3.99. The lowest BCUT2D eigenvalue weighted by Gasteiger charge is -2.35. The average molecular weight is 354 g/mol. The van der Waals surface area contributed by atoms with Gasteiger partial charge in [-0.1, -0.05) is 31.0 Å². The second kappa shape index (κ2) is 6.90. The highest BCUT2D eigenvalue weighted by molar-refractivity contribution is 6.04. The van der Waals surface area contributed by atoms with Crippen LogP contribution in [0.1, 0.15) is 36.2 Å². The summed E-state index contributed by atoms with van der Waals surface area (Å²) in [6, 6.07) is 6.98. The van der Waals surface area contributed by atoms with Gasteiger partial charge in [-0.3, -0.25) is 14.4 Å². The van der Waals surface area contributed by atoms with Gasteiger partial charge >= 0.3 is 0 Å². The molecule has 1 aromatic carbocycles. The van der Waals surface area contributed by atoms with Crippen LogP contribution in [0.5, 0.6) is 0 Å². The van der Waals surface area contributed by atoms with Gasteiger partial charge in [-0.05, 0) is 18.9 Å². The molecule has 1 saturated heterocycles. The van der Waals surface area contributed by atoms with Crippen molar-refractivity contribution in [2.24, 2.45) is 5.92 Å². The van der Waals surface area contributed by atoms with Crippen LogP contribution >= 0.6 is 0 Å². The van der Waals surface area contributed by atoms with Crippen LogP contribution in [-0.4, -0.2) is 58.0 Å². The number of aromatic nitrogens is 2. The van der Waals surface area contributed by atoms with Crippen molar-refractivity contribution in [3.05, 3.63) is 40.3 Å². The van der Waals surface area contributed by atoms with Gasteiger partial charge in [0.05, 0.1) is 5.39 Å². The number of nitrogens with one attached hydrogen (secondary N) is 1. The largest absolute Gasteiger partial charge is 0.339 e. The van der Waals surface area contributed by atoms with E-state index in [1.807, 2.05) is 4.90 Å². The van der Waals surface area contributed by atoms with Crippen molar-refractivity contribution < 1.29 is 9.59 Å². The van der Waals surface area contributed by atoms with Gasteiger partial charge in [0.25, 0.3) is 11.5 Å². The molecule has 7 nitrogen and oxygen atoms in total. The highest BCUT2D eigenvalue weighted by Gasteiger charge is 2.31. The molecule has 2 fully saturated rings. The topological polar surface area (TPSA) is 86.4 Å². The molecule has 1 aliphatic heterocycles. The van der Waals surface area contributed by atoms with Crippen molar-refractivity contribution in [1.82, 2.24) is 20.0 Å². The molecule has 2 amide bonds. The van der Waals surface area contributed by atoms with Crippen LogP contribution in [0.4, 0.5) is 0 Å². The molecular weight excluding hydrogens is 332 g/mol. The summed E-state index contributed by atoms with van der Waals surface area (Å²) in [6.45, 7) is 2.10. The van der Waals surface area contributed by atoms with Crippen molar-refractivity contribution in [3.8, 4) is 0 Å². The van der Waals surface area contributed by atoms with E-state index in [2.05, 4.69) is 10.2 Å². The number of benzene rings is 1. The lowest BCUT2D eigenvalue weighted by molar-refractivity contribution is -0.136. The SMILES string of the molecule is O=C(c1n[nH]c(=O)c2ccccc12)N1CCN(C(=O)C2CCCC2)CC1. The number of H-pyrrole nitrogens is 1. The Morgan fingerprint density at radius 3 is 2.27 bits per heavy atom. The van der Waals surface area contributed by atoms with E-state index in [-0.39, 0.29) is 29.0 Å². The average Bonchev–Trinajstić information content (AvgIpc) is 3.22. The van der Waals surface area contributed by atoms with Crippen molar-refractivity contribution in [3.63, 3.8) is 0 Å². The zero-order chi connectivity index (χ0) is 18.1. The third-order valence-corrected chi connectivity index (χ3v) is 5.48. The molecule has 0 radical (unpaired) electrons. The predicted octanol–water partition coefficient (Wildman–Crippen LogP) is 1.40. The van der Waals surface area contributed by atoms with E-state index in [1.54, 1.807) is 29.2 Å². The van der Waals surface area contributed by atoms with Gasteiger partial charge in [0.15, 0.2) is 5.69 Å². The summed E-state index contributed by atoms with van der Waals surface area (Å²) in [5, 5.41) is 7.42. The van der Waals surface area contributed by atoms with E-state index in [1.165, 1.54) is 0 Å². The molecule has 0 bridgehead atoms. The molecule has 1 aliphatic carbocycles. The van der Waals surface area contributed by atoms with Crippen molar-refractivity contribution in [1.29, 1.82) is 0 Å². The second-order valence-corrected chi connectivity index (χ2v) is 7.05. The molecule has 7 heteroatoms. The quantitative estimate of drug-likeness (QED) is 0.883. The zero-order valence-corrected chi connectivity index (χ0v) is 14.6. The molecule has 0 unspecified atom stereocenters. The van der Waals surface area contributed by atoms with Crippen molar-refractivity contribution >= 4 is 22.6 Å². The molecule has 0 spiro atoms. The fraction of sp³-hybridized carbons (Fsp3) is 0.474. The smallest absolute Gasteiger partial charge is 0.275 e. The van der Waals surface area contributed by atoms with Crippen LogP contribution in [0.25, 0.3) is 10.8 Å². The first-order chi connectivity index (χ1) is 12.6. The van der Waals surface area contributed by atoms with Gasteiger partial charge in [0.2, 0.25) is 5.91 Å². The molecule has 0 atom stereocenters. The Bertz CT molecular complexity index is 893. The van der Waals surface area contributed by atoms with E-state index in [4.69, 9.17) is 0 Å². The summed E-state index contributed by atoms with van der Waals surface area (Å²) < 4.78 is 0. The molecule has 2 aromatic rings. The summed E-state index contributed by atoms with van der Waals surface area (Å²) in [6.07, 6.45) is 4.26. The normalized spacial score (nSPS) is 18.5. The Hall–Kier alpha value is -2.70. The maximum absolute atomic E-state index is 12.9. The van der Waals surface area contributed by atoms with Gasteiger partial charge in [-0.25, -0.2) is 5.10 Å². The first kappa shape index (κ1) is 16.8. The summed E-state index contributed by atoms with van der Waals surface area (Å²) in [5.74, 6) is 0.203. The number of fused-ring (bicyclic) bond motifs is 1. The lowest BCUT2D eigenvalue weighted by atomic mass is 10.1. The predicted molar refractivity (Wildman–Crippen MR) is 96.8 cm³/mol. The minimum Gasteiger partial charge on any atom is -0.339 e. The molecule has 1 saturated carbocycles. The Kier molecular flexibility index (Phi) is 4.44. The van der Waals surface area contributed by atoms with Gasteiger partial charge in [-0.2, -0.15) is 5.10 Å². The molecule has 1 N–H and O–H groups in total. The standard InChI is InChI=1S/C19H22N4O3/c24-17-15-8-4-3-7-14(15)16(20-21-17)19(26)23-11-9-22(10-12-23)18(25)13-5-1-2-6-13/h3-4,7-8,13H,1-2,5-6,9-12H2,(H,21,24). The zero-order valence-electron chi connectivity index (χ0n) is 14.6. The first-order valence-electron chi connectivity index (χ1n) is 9.20. The number of hydrogen-bond acceptors (Lipinski definition) is 4.